The van der Waals surface area contributed by atoms with E-state index >= 15 is 0 Å². The Bertz CT molecular complexity index is 599. The predicted octanol–water partition coefficient (Wildman–Crippen LogP) is -0.436. The minimum atomic E-state index is -3.77. The van der Waals surface area contributed by atoms with Crippen molar-refractivity contribution >= 4 is 15.9 Å². The zero-order chi connectivity index (χ0) is 14.0. The zero-order valence-corrected chi connectivity index (χ0v) is 11.1. The Kier molecular flexibility index (Phi) is 3.63. The highest BCUT2D eigenvalue weighted by atomic mass is 32.2. The maximum absolute atomic E-state index is 12.2. The van der Waals surface area contributed by atoms with Crippen LogP contribution < -0.4 is 15.2 Å². The molecule has 1 heterocycles. The molecular formula is C11H14N2O5S. The molecular weight excluding hydrogens is 272 g/mol. The molecule has 1 aliphatic rings. The van der Waals surface area contributed by atoms with Crippen LogP contribution >= 0.6 is 0 Å². The molecule has 0 radical (unpaired) electrons. The van der Waals surface area contributed by atoms with Crippen molar-refractivity contribution in [2.75, 3.05) is 26.8 Å². The SMILES string of the molecule is CN(CC(N)=O)S(=O)(=O)c1ccc2c(c1)OCCO2. The summed E-state index contributed by atoms with van der Waals surface area (Å²) >= 11 is 0. The Morgan fingerprint density at radius 2 is 1.95 bits per heavy atom. The van der Waals surface area contributed by atoms with E-state index in [1.807, 2.05) is 0 Å². The molecule has 0 aliphatic carbocycles. The van der Waals surface area contributed by atoms with Crippen LogP contribution in [0.15, 0.2) is 23.1 Å². The molecule has 0 saturated carbocycles. The van der Waals surface area contributed by atoms with Crippen LogP contribution in [-0.2, 0) is 14.8 Å². The lowest BCUT2D eigenvalue weighted by atomic mass is 10.3. The third-order valence-electron chi connectivity index (χ3n) is 2.60. The fraction of sp³-hybridized carbons (Fsp3) is 0.364. The molecule has 1 amide bonds. The van der Waals surface area contributed by atoms with Gasteiger partial charge in [-0.3, -0.25) is 4.79 Å². The number of fused-ring (bicyclic) bond motifs is 1. The fourth-order valence-electron chi connectivity index (χ4n) is 1.67. The number of nitrogens with two attached hydrogens (primary N) is 1. The normalized spacial score (nSPS) is 14.4. The summed E-state index contributed by atoms with van der Waals surface area (Å²) in [6.07, 6.45) is 0. The summed E-state index contributed by atoms with van der Waals surface area (Å²) in [5.74, 6) is 0.158. The second-order valence-corrected chi connectivity index (χ2v) is 6.08. The van der Waals surface area contributed by atoms with Crippen molar-refractivity contribution < 1.29 is 22.7 Å². The van der Waals surface area contributed by atoms with E-state index in [4.69, 9.17) is 15.2 Å². The first-order valence-electron chi connectivity index (χ1n) is 5.55. The van der Waals surface area contributed by atoms with E-state index in [2.05, 4.69) is 0 Å². The van der Waals surface area contributed by atoms with Crippen molar-refractivity contribution in [3.8, 4) is 11.5 Å². The average Bonchev–Trinajstić information content (AvgIpc) is 2.37. The second kappa shape index (κ2) is 5.06. The summed E-state index contributed by atoms with van der Waals surface area (Å²) in [6, 6.07) is 4.31. The predicted molar refractivity (Wildman–Crippen MR) is 66.4 cm³/mol. The number of hydrogen-bond donors (Lipinski definition) is 1. The Labute approximate surface area is 110 Å². The first-order valence-corrected chi connectivity index (χ1v) is 6.99. The quantitative estimate of drug-likeness (QED) is 0.809. The topological polar surface area (TPSA) is 98.9 Å². The largest absolute Gasteiger partial charge is 0.486 e. The lowest BCUT2D eigenvalue weighted by molar-refractivity contribution is -0.118. The highest BCUT2D eigenvalue weighted by molar-refractivity contribution is 7.89. The van der Waals surface area contributed by atoms with Crippen LogP contribution in [-0.4, -0.2) is 45.4 Å². The highest BCUT2D eigenvalue weighted by Gasteiger charge is 2.24. The zero-order valence-electron chi connectivity index (χ0n) is 10.3. The molecule has 19 heavy (non-hydrogen) atoms. The third-order valence-corrected chi connectivity index (χ3v) is 4.40. The van der Waals surface area contributed by atoms with Gasteiger partial charge in [-0.2, -0.15) is 4.31 Å². The van der Waals surface area contributed by atoms with Gasteiger partial charge < -0.3 is 15.2 Å². The Morgan fingerprint density at radius 1 is 1.32 bits per heavy atom. The van der Waals surface area contributed by atoms with Crippen molar-refractivity contribution in [3.63, 3.8) is 0 Å². The summed E-state index contributed by atoms with van der Waals surface area (Å²) in [6.45, 7) is 0.422. The number of carbonyl (C=O) groups is 1. The number of benzene rings is 1. The number of ether oxygens (including phenoxy) is 2. The van der Waals surface area contributed by atoms with Crippen molar-refractivity contribution in [2.24, 2.45) is 5.73 Å². The van der Waals surface area contributed by atoms with Gasteiger partial charge in [-0.25, -0.2) is 8.42 Å². The first-order chi connectivity index (χ1) is 8.91. The van der Waals surface area contributed by atoms with Gasteiger partial charge in [-0.05, 0) is 12.1 Å². The van der Waals surface area contributed by atoms with Crippen molar-refractivity contribution in [1.82, 2.24) is 4.31 Å². The van der Waals surface area contributed by atoms with E-state index in [1.54, 1.807) is 0 Å². The van der Waals surface area contributed by atoms with Crippen LogP contribution in [0.25, 0.3) is 0 Å². The number of nitrogens with zero attached hydrogens (tertiary/aromatic N) is 1. The molecule has 0 bridgehead atoms. The molecule has 0 saturated heterocycles. The third kappa shape index (κ3) is 2.79. The van der Waals surface area contributed by atoms with Gasteiger partial charge in [0.25, 0.3) is 0 Å². The van der Waals surface area contributed by atoms with Gasteiger partial charge in [0.2, 0.25) is 15.9 Å². The van der Waals surface area contributed by atoms with Gasteiger partial charge in [0.05, 0.1) is 11.4 Å². The number of carbonyl (C=O) groups excluding carboxylic acids is 1. The summed E-state index contributed by atoms with van der Waals surface area (Å²) in [4.78, 5) is 10.8. The number of likely N-dealkylation sites (N-methyl/N-ethyl adjacent to an activating group) is 1. The summed E-state index contributed by atoms with van der Waals surface area (Å²) < 4.78 is 35.9. The monoisotopic (exact) mass is 286 g/mol. The maximum Gasteiger partial charge on any atom is 0.243 e. The van der Waals surface area contributed by atoms with E-state index < -0.39 is 15.9 Å². The van der Waals surface area contributed by atoms with Gasteiger partial charge in [-0.1, -0.05) is 0 Å². The van der Waals surface area contributed by atoms with Gasteiger partial charge in [0.1, 0.15) is 13.2 Å². The van der Waals surface area contributed by atoms with E-state index in [-0.39, 0.29) is 11.4 Å². The molecule has 104 valence electrons. The number of sulfonamides is 1. The maximum atomic E-state index is 12.2. The van der Waals surface area contributed by atoms with Crippen LogP contribution in [0.3, 0.4) is 0 Å². The van der Waals surface area contributed by atoms with Crippen molar-refractivity contribution in [2.45, 2.75) is 4.90 Å². The lowest BCUT2D eigenvalue weighted by Gasteiger charge is -2.20. The van der Waals surface area contributed by atoms with Crippen LogP contribution in [0.1, 0.15) is 0 Å². The molecule has 0 fully saturated rings. The second-order valence-electron chi connectivity index (χ2n) is 4.03. The Morgan fingerprint density at radius 3 is 2.58 bits per heavy atom. The molecule has 2 N–H and O–H groups in total. The molecule has 0 spiro atoms. The minimum absolute atomic E-state index is 0.0282. The van der Waals surface area contributed by atoms with E-state index in [0.29, 0.717) is 24.7 Å². The van der Waals surface area contributed by atoms with Gasteiger partial charge in [0.15, 0.2) is 11.5 Å². The number of amides is 1. The Hall–Kier alpha value is -1.80. The van der Waals surface area contributed by atoms with Crippen LogP contribution in [0.5, 0.6) is 11.5 Å². The molecule has 0 unspecified atom stereocenters. The molecule has 0 aromatic heterocycles. The van der Waals surface area contributed by atoms with Crippen LogP contribution in [0, 0.1) is 0 Å². The van der Waals surface area contributed by atoms with Crippen molar-refractivity contribution in [3.05, 3.63) is 18.2 Å². The molecule has 1 aromatic carbocycles. The minimum Gasteiger partial charge on any atom is -0.486 e. The average molecular weight is 286 g/mol. The highest BCUT2D eigenvalue weighted by Crippen LogP contribution is 2.32. The molecule has 0 atom stereocenters. The van der Waals surface area contributed by atoms with Crippen LogP contribution in [0.2, 0.25) is 0 Å². The molecule has 1 aliphatic heterocycles. The Balaban J connectivity index is 2.33. The van der Waals surface area contributed by atoms with E-state index in [9.17, 15) is 13.2 Å². The molecule has 1 aromatic rings. The number of hydrogen-bond acceptors (Lipinski definition) is 5. The van der Waals surface area contributed by atoms with Gasteiger partial charge in [0, 0.05) is 13.1 Å². The van der Waals surface area contributed by atoms with Gasteiger partial charge in [-0.15, -0.1) is 0 Å². The lowest BCUT2D eigenvalue weighted by Crippen LogP contribution is -2.35. The van der Waals surface area contributed by atoms with Gasteiger partial charge >= 0.3 is 0 Å². The molecule has 7 nitrogen and oxygen atoms in total. The first kappa shape index (κ1) is 13.6. The van der Waals surface area contributed by atoms with E-state index in [1.165, 1.54) is 25.2 Å². The van der Waals surface area contributed by atoms with Crippen molar-refractivity contribution in [1.29, 1.82) is 0 Å². The molecule has 8 heteroatoms. The summed E-state index contributed by atoms with van der Waals surface area (Å²) in [5, 5.41) is 0. The smallest absolute Gasteiger partial charge is 0.243 e. The number of rotatable bonds is 4. The molecule has 2 rings (SSSR count). The summed E-state index contributed by atoms with van der Waals surface area (Å²) in [5.41, 5.74) is 4.99. The number of primary amides is 1. The fourth-order valence-corrected chi connectivity index (χ4v) is 2.82. The standard InChI is InChI=1S/C11H14N2O5S/c1-13(7-11(12)14)19(15,16)8-2-3-9-10(6-8)18-5-4-17-9/h2-3,6H,4-5,7H2,1H3,(H2,12,14). The van der Waals surface area contributed by atoms with E-state index in [0.717, 1.165) is 4.31 Å². The van der Waals surface area contributed by atoms with Crippen LogP contribution in [0.4, 0.5) is 0 Å². The summed E-state index contributed by atoms with van der Waals surface area (Å²) in [7, 11) is -2.48.